The van der Waals surface area contributed by atoms with Gasteiger partial charge in [0, 0.05) is 19.7 Å². The second kappa shape index (κ2) is 8.70. The van der Waals surface area contributed by atoms with Gasteiger partial charge < -0.3 is 9.64 Å². The van der Waals surface area contributed by atoms with Gasteiger partial charge in [0.2, 0.25) is 5.91 Å². The van der Waals surface area contributed by atoms with Crippen molar-refractivity contribution in [2.24, 2.45) is 5.92 Å². The maximum Gasteiger partial charge on any atom is 0.414 e. The van der Waals surface area contributed by atoms with E-state index in [0.29, 0.717) is 24.5 Å². The molecule has 1 unspecified atom stereocenters. The number of amides is 2. The normalized spacial score (nSPS) is 16.3. The van der Waals surface area contributed by atoms with E-state index in [2.05, 4.69) is 0 Å². The van der Waals surface area contributed by atoms with Crippen molar-refractivity contribution in [1.29, 1.82) is 0 Å². The maximum absolute atomic E-state index is 12.8. The summed E-state index contributed by atoms with van der Waals surface area (Å²) >= 11 is 0. The zero-order valence-corrected chi connectivity index (χ0v) is 19.3. The number of hydrogen-bond donors (Lipinski definition) is 0. The van der Waals surface area contributed by atoms with Gasteiger partial charge in [0.05, 0.1) is 28.9 Å². The van der Waals surface area contributed by atoms with Crippen molar-refractivity contribution in [3.05, 3.63) is 42.5 Å². The van der Waals surface area contributed by atoms with E-state index in [-0.39, 0.29) is 22.8 Å². The predicted octanol–water partition coefficient (Wildman–Crippen LogP) is 4.11. The largest absolute Gasteiger partial charge is 0.449 e. The summed E-state index contributed by atoms with van der Waals surface area (Å²) in [5.74, 6) is 0.105. The molecule has 31 heavy (non-hydrogen) atoms. The van der Waals surface area contributed by atoms with Gasteiger partial charge in [-0.3, -0.25) is 9.69 Å². The number of hydrogen-bond acceptors (Lipinski definition) is 5. The topological polar surface area (TPSA) is 84.0 Å². The summed E-state index contributed by atoms with van der Waals surface area (Å²) in [7, 11) is -3.29. The number of sulfone groups is 1. The van der Waals surface area contributed by atoms with E-state index in [4.69, 9.17) is 4.74 Å². The minimum atomic E-state index is -3.29. The van der Waals surface area contributed by atoms with Crippen LogP contribution >= 0.6 is 0 Å². The van der Waals surface area contributed by atoms with Crippen molar-refractivity contribution in [2.45, 2.75) is 38.6 Å². The van der Waals surface area contributed by atoms with Gasteiger partial charge in [-0.05, 0) is 48.2 Å². The van der Waals surface area contributed by atoms with Crippen LogP contribution in [0.5, 0.6) is 0 Å². The van der Waals surface area contributed by atoms with E-state index in [9.17, 15) is 18.0 Å². The second-order valence-electron chi connectivity index (χ2n) is 8.32. The van der Waals surface area contributed by atoms with Gasteiger partial charge in [0.25, 0.3) is 0 Å². The SMILES string of the molecule is CC(=O)N1c2ccc(-c3ccc(S(C)(=O)=O)cc3)cc2N(C(=O)OCC(C)C)CC1C. The molecule has 0 aromatic heterocycles. The number of carbonyl (C=O) groups excluding carboxylic acids is 2. The number of carbonyl (C=O) groups is 2. The van der Waals surface area contributed by atoms with Crippen molar-refractivity contribution in [2.75, 3.05) is 29.2 Å². The Morgan fingerprint density at radius 1 is 1.06 bits per heavy atom. The van der Waals surface area contributed by atoms with E-state index in [0.717, 1.165) is 11.1 Å². The first-order valence-electron chi connectivity index (χ1n) is 10.2. The third kappa shape index (κ3) is 4.90. The third-order valence-electron chi connectivity index (χ3n) is 5.13. The molecule has 0 saturated heterocycles. The fourth-order valence-corrected chi connectivity index (χ4v) is 4.30. The van der Waals surface area contributed by atoms with Crippen molar-refractivity contribution in [1.82, 2.24) is 0 Å². The maximum atomic E-state index is 12.8. The number of anilines is 2. The highest BCUT2D eigenvalue weighted by molar-refractivity contribution is 7.90. The molecule has 2 aromatic rings. The van der Waals surface area contributed by atoms with Crippen LogP contribution in [0.1, 0.15) is 27.7 Å². The summed E-state index contributed by atoms with van der Waals surface area (Å²) in [6, 6.07) is 11.9. The molecule has 166 valence electrons. The predicted molar refractivity (Wildman–Crippen MR) is 121 cm³/mol. The average molecular weight is 445 g/mol. The van der Waals surface area contributed by atoms with E-state index in [1.165, 1.54) is 13.2 Å². The Bertz CT molecular complexity index is 1090. The highest BCUT2D eigenvalue weighted by Gasteiger charge is 2.34. The summed E-state index contributed by atoms with van der Waals surface area (Å²) in [6.45, 7) is 7.96. The lowest BCUT2D eigenvalue weighted by Crippen LogP contribution is -2.51. The van der Waals surface area contributed by atoms with Gasteiger partial charge in [0.15, 0.2) is 9.84 Å². The first-order valence-corrected chi connectivity index (χ1v) is 12.1. The van der Waals surface area contributed by atoms with Crippen LogP contribution in [-0.4, -0.2) is 45.9 Å². The van der Waals surface area contributed by atoms with Crippen LogP contribution in [0.3, 0.4) is 0 Å². The molecule has 7 nitrogen and oxygen atoms in total. The Morgan fingerprint density at radius 2 is 1.68 bits per heavy atom. The van der Waals surface area contributed by atoms with E-state index in [1.807, 2.05) is 39.0 Å². The monoisotopic (exact) mass is 444 g/mol. The van der Waals surface area contributed by atoms with Crippen molar-refractivity contribution >= 4 is 33.2 Å². The number of ether oxygens (including phenoxy) is 1. The minimum Gasteiger partial charge on any atom is -0.449 e. The summed E-state index contributed by atoms with van der Waals surface area (Å²) in [6.07, 6.45) is 0.716. The van der Waals surface area contributed by atoms with Crippen molar-refractivity contribution in [3.63, 3.8) is 0 Å². The Kier molecular flexibility index (Phi) is 6.40. The van der Waals surface area contributed by atoms with Gasteiger partial charge in [0.1, 0.15) is 0 Å². The smallest absolute Gasteiger partial charge is 0.414 e. The highest BCUT2D eigenvalue weighted by Crippen LogP contribution is 2.39. The fourth-order valence-electron chi connectivity index (χ4n) is 3.67. The van der Waals surface area contributed by atoms with Crippen LogP contribution in [0.15, 0.2) is 47.4 Å². The van der Waals surface area contributed by atoms with Crippen LogP contribution in [0.2, 0.25) is 0 Å². The molecule has 0 bridgehead atoms. The van der Waals surface area contributed by atoms with Gasteiger partial charge in [-0.1, -0.05) is 32.0 Å². The molecule has 1 aliphatic heterocycles. The standard InChI is InChI=1S/C23H28N2O5S/c1-15(2)14-30-23(27)24-13-16(3)25(17(4)26)21-11-8-19(12-22(21)24)18-6-9-20(10-7-18)31(5,28)29/h6-12,15-16H,13-14H2,1-5H3. The van der Waals surface area contributed by atoms with Crippen LogP contribution in [0.25, 0.3) is 11.1 Å². The van der Waals surface area contributed by atoms with E-state index < -0.39 is 15.9 Å². The van der Waals surface area contributed by atoms with Gasteiger partial charge >= 0.3 is 6.09 Å². The Labute approximate surface area is 183 Å². The summed E-state index contributed by atoms with van der Waals surface area (Å²) in [5, 5.41) is 0. The molecule has 2 amide bonds. The number of benzene rings is 2. The molecule has 0 spiro atoms. The molecule has 0 aliphatic carbocycles. The Hall–Kier alpha value is -2.87. The average Bonchev–Trinajstić information content (AvgIpc) is 2.70. The molecule has 3 rings (SSSR count). The molecule has 0 fully saturated rings. The molecular formula is C23H28N2O5S. The molecule has 0 saturated carbocycles. The first kappa shape index (κ1) is 22.8. The van der Waals surface area contributed by atoms with Gasteiger partial charge in [-0.25, -0.2) is 13.2 Å². The van der Waals surface area contributed by atoms with Crippen LogP contribution < -0.4 is 9.80 Å². The molecule has 8 heteroatoms. The molecule has 2 aromatic carbocycles. The van der Waals surface area contributed by atoms with E-state index in [1.54, 1.807) is 34.1 Å². The van der Waals surface area contributed by atoms with E-state index >= 15 is 0 Å². The lowest BCUT2D eigenvalue weighted by Gasteiger charge is -2.40. The van der Waals surface area contributed by atoms with Crippen molar-refractivity contribution < 1.29 is 22.7 Å². The number of fused-ring (bicyclic) bond motifs is 1. The summed E-state index contributed by atoms with van der Waals surface area (Å²) in [4.78, 5) is 28.6. The molecular weight excluding hydrogens is 416 g/mol. The summed E-state index contributed by atoms with van der Waals surface area (Å²) in [5.41, 5.74) is 2.84. The number of nitrogens with zero attached hydrogens (tertiary/aromatic N) is 2. The van der Waals surface area contributed by atoms with Gasteiger partial charge in [-0.15, -0.1) is 0 Å². The zero-order valence-electron chi connectivity index (χ0n) is 18.5. The molecule has 0 radical (unpaired) electrons. The van der Waals surface area contributed by atoms with Crippen molar-refractivity contribution in [3.8, 4) is 11.1 Å². The van der Waals surface area contributed by atoms with Crippen LogP contribution in [-0.2, 0) is 19.4 Å². The molecule has 1 aliphatic rings. The lowest BCUT2D eigenvalue weighted by atomic mass is 10.0. The molecule has 0 N–H and O–H groups in total. The molecule has 1 atom stereocenters. The first-order chi connectivity index (χ1) is 14.5. The second-order valence-corrected chi connectivity index (χ2v) is 10.3. The van der Waals surface area contributed by atoms with Crippen LogP contribution in [0, 0.1) is 5.92 Å². The quantitative estimate of drug-likeness (QED) is 0.709. The van der Waals surface area contributed by atoms with Gasteiger partial charge in [-0.2, -0.15) is 0 Å². The summed E-state index contributed by atoms with van der Waals surface area (Å²) < 4.78 is 28.9. The highest BCUT2D eigenvalue weighted by atomic mass is 32.2. The fraction of sp³-hybridized carbons (Fsp3) is 0.391. The Morgan fingerprint density at radius 3 is 2.23 bits per heavy atom. The molecule has 1 heterocycles. The minimum absolute atomic E-state index is 0.103. The Balaban J connectivity index is 2.04. The number of rotatable bonds is 4. The lowest BCUT2D eigenvalue weighted by molar-refractivity contribution is -0.117. The zero-order chi connectivity index (χ0) is 22.9. The van der Waals surface area contributed by atoms with Crippen LogP contribution in [0.4, 0.5) is 16.2 Å². The third-order valence-corrected chi connectivity index (χ3v) is 6.26.